The van der Waals surface area contributed by atoms with Crippen molar-refractivity contribution in [2.75, 3.05) is 0 Å². The van der Waals surface area contributed by atoms with Crippen LogP contribution >= 0.6 is 0 Å². The van der Waals surface area contributed by atoms with Crippen LogP contribution in [0, 0.1) is 5.41 Å². The van der Waals surface area contributed by atoms with E-state index in [1.54, 1.807) is 11.1 Å². The van der Waals surface area contributed by atoms with Crippen molar-refractivity contribution in [3.63, 3.8) is 0 Å². The summed E-state index contributed by atoms with van der Waals surface area (Å²) in [6.45, 7) is 1.50. The number of hydrogen-bond donors (Lipinski definition) is 2. The van der Waals surface area contributed by atoms with Crippen molar-refractivity contribution >= 4 is 11.9 Å². The molecule has 0 heterocycles. The van der Waals surface area contributed by atoms with E-state index in [-0.39, 0.29) is 12.0 Å². The van der Waals surface area contributed by atoms with Gasteiger partial charge in [-0.05, 0) is 43.7 Å². The molecule has 1 unspecified atom stereocenters. The molecule has 0 fully saturated rings. The highest BCUT2D eigenvalue weighted by atomic mass is 16.4. The second-order valence-electron chi connectivity index (χ2n) is 5.88. The van der Waals surface area contributed by atoms with Gasteiger partial charge >= 0.3 is 11.9 Å². The molecule has 0 radical (unpaired) electrons. The summed E-state index contributed by atoms with van der Waals surface area (Å²) in [6, 6.07) is 8.74. The number of hydrogen-bond acceptors (Lipinski definition) is 2. The average Bonchev–Trinajstić information content (AvgIpc) is 2.96. The number of benzene rings is 1. The molecule has 1 aromatic rings. The molecule has 3 rings (SSSR count). The Morgan fingerprint density at radius 1 is 1.09 bits per heavy atom. The van der Waals surface area contributed by atoms with Crippen LogP contribution in [0.2, 0.25) is 0 Å². The summed E-state index contributed by atoms with van der Waals surface area (Å²) in [7, 11) is 0. The number of carboxylic acids is 2. The van der Waals surface area contributed by atoms with E-state index in [0.29, 0.717) is 0 Å². The molecule has 4 heteroatoms. The summed E-state index contributed by atoms with van der Waals surface area (Å²) in [4.78, 5) is 21.3. The summed E-state index contributed by atoms with van der Waals surface area (Å²) in [5, 5.41) is 17.5. The van der Waals surface area contributed by atoms with E-state index in [1.807, 2.05) is 0 Å². The van der Waals surface area contributed by atoms with Gasteiger partial charge in [0.25, 0.3) is 0 Å². The number of aliphatic carboxylic acids is 2. The van der Waals surface area contributed by atoms with Crippen LogP contribution in [0.5, 0.6) is 0 Å². The van der Waals surface area contributed by atoms with E-state index in [1.165, 1.54) is 44.4 Å². The zero-order chi connectivity index (χ0) is 16.2. The molecule has 0 amide bonds. The van der Waals surface area contributed by atoms with Gasteiger partial charge in [-0.25, -0.2) is 4.79 Å². The Morgan fingerprint density at radius 3 is 2.18 bits per heavy atom. The minimum absolute atomic E-state index is 0.0359. The summed E-state index contributed by atoms with van der Waals surface area (Å²) in [5.74, 6) is -2.06. The van der Waals surface area contributed by atoms with Crippen molar-refractivity contribution in [2.24, 2.45) is 5.41 Å². The van der Waals surface area contributed by atoms with Crippen molar-refractivity contribution in [1.82, 2.24) is 0 Å². The summed E-state index contributed by atoms with van der Waals surface area (Å²) >= 11 is 0. The second kappa shape index (κ2) is 6.60. The van der Waals surface area contributed by atoms with Gasteiger partial charge < -0.3 is 10.2 Å². The van der Waals surface area contributed by atoms with Crippen LogP contribution in [0.3, 0.4) is 0 Å². The van der Waals surface area contributed by atoms with E-state index in [0.717, 1.165) is 0 Å². The molecule has 4 nitrogen and oxygen atoms in total. The van der Waals surface area contributed by atoms with E-state index in [9.17, 15) is 9.59 Å². The first-order chi connectivity index (χ1) is 10.4. The summed E-state index contributed by atoms with van der Waals surface area (Å²) in [6.07, 6.45) is 8.40. The van der Waals surface area contributed by atoms with Gasteiger partial charge in [-0.2, -0.15) is 0 Å². The van der Waals surface area contributed by atoms with Crippen LogP contribution in [-0.4, -0.2) is 22.2 Å². The van der Waals surface area contributed by atoms with Gasteiger partial charge in [0.1, 0.15) is 0 Å². The summed E-state index contributed by atoms with van der Waals surface area (Å²) < 4.78 is 0. The average molecular weight is 300 g/mol. The molecular formula is C18H20O4. The van der Waals surface area contributed by atoms with Gasteiger partial charge in [-0.15, -0.1) is 0 Å². The fourth-order valence-corrected chi connectivity index (χ4v) is 2.70. The first-order valence-corrected chi connectivity index (χ1v) is 7.34. The molecule has 0 saturated carbocycles. The predicted octanol–water partition coefficient (Wildman–Crippen LogP) is 3.22. The number of carboxylic acid groups (broad SMARTS) is 2. The molecule has 2 aliphatic rings. The van der Waals surface area contributed by atoms with Gasteiger partial charge in [0.15, 0.2) is 0 Å². The second-order valence-corrected chi connectivity index (χ2v) is 5.88. The lowest BCUT2D eigenvalue weighted by Gasteiger charge is -2.23. The van der Waals surface area contributed by atoms with Crippen molar-refractivity contribution < 1.29 is 19.8 Å². The maximum absolute atomic E-state index is 10.8. The highest BCUT2D eigenvalue weighted by molar-refractivity contribution is 5.90. The predicted molar refractivity (Wildman–Crippen MR) is 83.7 cm³/mol. The molecule has 0 saturated heterocycles. The molecule has 2 N–H and O–H groups in total. The van der Waals surface area contributed by atoms with Crippen LogP contribution in [0.15, 0.2) is 48.1 Å². The third-order valence-electron chi connectivity index (χ3n) is 4.09. The van der Waals surface area contributed by atoms with E-state index >= 15 is 0 Å². The standard InChI is InChI=1S/C9H10O4.C9H10/c1-9(8(12)13)4-2-3-6(5-9)7(10)11;1-2-5-9-7-3-6-8(9)4-1/h2-4H,5H2,1H3,(H,10,11)(H,12,13);1-2,4-5H,3,6-7H2. The maximum Gasteiger partial charge on any atom is 0.331 e. The zero-order valence-electron chi connectivity index (χ0n) is 12.6. The molecule has 0 spiro atoms. The largest absolute Gasteiger partial charge is 0.481 e. The highest BCUT2D eigenvalue weighted by Gasteiger charge is 2.34. The molecular weight excluding hydrogens is 280 g/mol. The van der Waals surface area contributed by atoms with Crippen LogP contribution in [0.4, 0.5) is 0 Å². The topological polar surface area (TPSA) is 74.6 Å². The van der Waals surface area contributed by atoms with Gasteiger partial charge in [-0.1, -0.05) is 42.5 Å². The van der Waals surface area contributed by atoms with Crippen LogP contribution in [-0.2, 0) is 22.4 Å². The Bertz CT molecular complexity index is 619. The molecule has 1 aromatic carbocycles. The highest BCUT2D eigenvalue weighted by Crippen LogP contribution is 2.31. The van der Waals surface area contributed by atoms with Crippen LogP contribution in [0.1, 0.15) is 30.9 Å². The molecule has 22 heavy (non-hydrogen) atoms. The molecule has 0 bridgehead atoms. The van der Waals surface area contributed by atoms with Crippen molar-refractivity contribution in [3.05, 3.63) is 59.2 Å². The fraction of sp³-hybridized carbons (Fsp3) is 0.333. The monoisotopic (exact) mass is 300 g/mol. The van der Waals surface area contributed by atoms with Crippen molar-refractivity contribution in [1.29, 1.82) is 0 Å². The van der Waals surface area contributed by atoms with Gasteiger partial charge in [-0.3, -0.25) is 4.79 Å². The lowest BCUT2D eigenvalue weighted by Crippen LogP contribution is -2.28. The molecule has 0 aromatic heterocycles. The quantitative estimate of drug-likeness (QED) is 0.879. The van der Waals surface area contributed by atoms with E-state index < -0.39 is 17.4 Å². The Kier molecular flexibility index (Phi) is 4.81. The van der Waals surface area contributed by atoms with E-state index in [2.05, 4.69) is 24.3 Å². The molecule has 2 aliphatic carbocycles. The molecule has 116 valence electrons. The van der Waals surface area contributed by atoms with Crippen molar-refractivity contribution in [3.8, 4) is 0 Å². The number of rotatable bonds is 2. The first-order valence-electron chi connectivity index (χ1n) is 7.34. The number of fused-ring (bicyclic) bond motifs is 1. The van der Waals surface area contributed by atoms with Crippen LogP contribution in [0.25, 0.3) is 0 Å². The van der Waals surface area contributed by atoms with Gasteiger partial charge in [0.05, 0.1) is 5.41 Å². The lowest BCUT2D eigenvalue weighted by molar-refractivity contribution is -0.145. The summed E-state index contributed by atoms with van der Waals surface area (Å²) in [5.41, 5.74) is 2.19. The third kappa shape index (κ3) is 3.64. The third-order valence-corrected chi connectivity index (χ3v) is 4.09. The SMILES string of the molecule is CC1(C(=O)O)C=CC=C(C(=O)O)C1.c1ccc2c(c1)CCC2. The van der Waals surface area contributed by atoms with Gasteiger partial charge in [0, 0.05) is 5.57 Å². The Hall–Kier alpha value is -2.36. The Morgan fingerprint density at radius 2 is 1.68 bits per heavy atom. The lowest BCUT2D eigenvalue weighted by atomic mass is 9.80. The first kappa shape index (κ1) is 16.0. The number of carbonyl (C=O) groups is 2. The number of allylic oxidation sites excluding steroid dienone is 2. The normalized spacial score (nSPS) is 22.1. The fourth-order valence-electron chi connectivity index (χ4n) is 2.70. The van der Waals surface area contributed by atoms with Gasteiger partial charge in [0.2, 0.25) is 0 Å². The molecule has 1 atom stereocenters. The Labute approximate surface area is 129 Å². The Balaban J connectivity index is 0.000000170. The van der Waals surface area contributed by atoms with Crippen molar-refractivity contribution in [2.45, 2.75) is 32.6 Å². The van der Waals surface area contributed by atoms with Crippen LogP contribution < -0.4 is 0 Å². The minimum Gasteiger partial charge on any atom is -0.481 e. The smallest absolute Gasteiger partial charge is 0.331 e. The minimum atomic E-state index is -1.08. The maximum atomic E-state index is 10.8. The molecule has 0 aliphatic heterocycles. The number of aryl methyl sites for hydroxylation is 2. The zero-order valence-corrected chi connectivity index (χ0v) is 12.6. The van der Waals surface area contributed by atoms with E-state index in [4.69, 9.17) is 10.2 Å².